The summed E-state index contributed by atoms with van der Waals surface area (Å²) in [6, 6.07) is 6.01. The van der Waals surface area contributed by atoms with E-state index in [1.165, 1.54) is 0 Å². The summed E-state index contributed by atoms with van der Waals surface area (Å²) in [5, 5.41) is 9.20. The molecule has 3 heterocycles. The maximum Gasteiger partial charge on any atom is 0.264 e. The van der Waals surface area contributed by atoms with Crippen molar-refractivity contribution in [1.29, 1.82) is 0 Å². The number of benzene rings is 1. The summed E-state index contributed by atoms with van der Waals surface area (Å²) in [6.07, 6.45) is 1.82. The van der Waals surface area contributed by atoms with E-state index in [1.807, 2.05) is 29.3 Å². The van der Waals surface area contributed by atoms with Crippen LogP contribution >= 0.6 is 11.3 Å². The molecule has 1 saturated heterocycles. The summed E-state index contributed by atoms with van der Waals surface area (Å²) >= 11 is 1.54. The van der Waals surface area contributed by atoms with Crippen molar-refractivity contribution in [1.82, 2.24) is 15.1 Å². The van der Waals surface area contributed by atoms with Gasteiger partial charge in [0.05, 0.1) is 29.8 Å². The van der Waals surface area contributed by atoms with E-state index in [1.54, 1.807) is 11.3 Å². The molecule has 5 nitrogen and oxygen atoms in total. The topological polar surface area (TPSA) is 58.2 Å². The van der Waals surface area contributed by atoms with Gasteiger partial charge in [-0.1, -0.05) is 6.07 Å². The van der Waals surface area contributed by atoms with Crippen LogP contribution in [0.25, 0.3) is 21.0 Å². The molecule has 0 saturated carbocycles. The van der Waals surface area contributed by atoms with E-state index in [0.29, 0.717) is 26.3 Å². The fourth-order valence-corrected chi connectivity index (χ4v) is 3.68. The van der Waals surface area contributed by atoms with Gasteiger partial charge >= 0.3 is 0 Å². The minimum atomic E-state index is 0.103. The van der Waals surface area contributed by atoms with Crippen molar-refractivity contribution in [3.8, 4) is 0 Å². The number of H-pyrrole nitrogens is 1. The Labute approximate surface area is 119 Å². The van der Waals surface area contributed by atoms with Gasteiger partial charge in [0.25, 0.3) is 5.91 Å². The Kier molecular flexibility index (Phi) is 2.71. The van der Waals surface area contributed by atoms with Gasteiger partial charge in [0.2, 0.25) is 0 Å². The third-order valence-electron chi connectivity index (χ3n) is 3.61. The molecule has 1 aliphatic heterocycles. The van der Waals surface area contributed by atoms with Crippen molar-refractivity contribution in [3.05, 3.63) is 29.3 Å². The van der Waals surface area contributed by atoms with Gasteiger partial charge in [-0.2, -0.15) is 5.10 Å². The van der Waals surface area contributed by atoms with Crippen LogP contribution < -0.4 is 0 Å². The van der Waals surface area contributed by atoms with Crippen LogP contribution in [-0.4, -0.2) is 47.3 Å². The zero-order valence-electron chi connectivity index (χ0n) is 10.8. The second-order valence-electron chi connectivity index (χ2n) is 4.83. The first-order valence-electron chi connectivity index (χ1n) is 6.55. The van der Waals surface area contributed by atoms with E-state index in [-0.39, 0.29) is 5.91 Å². The number of amides is 1. The first kappa shape index (κ1) is 11.9. The third kappa shape index (κ3) is 1.80. The highest BCUT2D eigenvalue weighted by Gasteiger charge is 2.21. The number of hydrogen-bond donors (Lipinski definition) is 1. The Morgan fingerprint density at radius 3 is 3.05 bits per heavy atom. The number of morpholine rings is 1. The average molecular weight is 287 g/mol. The summed E-state index contributed by atoms with van der Waals surface area (Å²) in [5.74, 6) is 0.103. The van der Waals surface area contributed by atoms with E-state index in [2.05, 4.69) is 10.2 Å². The summed E-state index contributed by atoms with van der Waals surface area (Å²) in [6.45, 7) is 2.60. The van der Waals surface area contributed by atoms with Crippen molar-refractivity contribution in [3.63, 3.8) is 0 Å². The second-order valence-corrected chi connectivity index (χ2v) is 5.88. The molecule has 4 rings (SSSR count). The van der Waals surface area contributed by atoms with Crippen molar-refractivity contribution in [2.24, 2.45) is 0 Å². The Bertz CT molecular complexity index is 786. The summed E-state index contributed by atoms with van der Waals surface area (Å²) < 4.78 is 6.41. The Balaban J connectivity index is 1.78. The maximum atomic E-state index is 12.5. The molecular formula is C14H13N3O2S. The van der Waals surface area contributed by atoms with Crippen LogP contribution in [-0.2, 0) is 4.74 Å². The van der Waals surface area contributed by atoms with Crippen LogP contribution in [0.1, 0.15) is 9.67 Å². The first-order chi connectivity index (χ1) is 9.83. The number of thiophene rings is 1. The lowest BCUT2D eigenvalue weighted by Gasteiger charge is -2.26. The van der Waals surface area contributed by atoms with E-state index < -0.39 is 0 Å². The van der Waals surface area contributed by atoms with Crippen molar-refractivity contribution in [2.75, 3.05) is 26.3 Å². The maximum absolute atomic E-state index is 12.5. The van der Waals surface area contributed by atoms with Gasteiger partial charge in [-0.3, -0.25) is 9.89 Å². The summed E-state index contributed by atoms with van der Waals surface area (Å²) in [7, 11) is 0. The first-order valence-corrected chi connectivity index (χ1v) is 7.37. The number of rotatable bonds is 1. The van der Waals surface area contributed by atoms with Gasteiger partial charge in [-0.15, -0.1) is 11.3 Å². The Morgan fingerprint density at radius 2 is 2.20 bits per heavy atom. The molecule has 3 aromatic rings. The molecule has 0 bridgehead atoms. The molecule has 102 valence electrons. The van der Waals surface area contributed by atoms with E-state index in [4.69, 9.17) is 4.74 Å². The van der Waals surface area contributed by atoms with Gasteiger partial charge in [0, 0.05) is 23.2 Å². The second kappa shape index (κ2) is 4.57. The van der Waals surface area contributed by atoms with Crippen molar-refractivity contribution >= 4 is 38.2 Å². The largest absolute Gasteiger partial charge is 0.378 e. The number of aromatic amines is 1. The molecule has 0 atom stereocenters. The van der Waals surface area contributed by atoms with Gasteiger partial charge in [-0.25, -0.2) is 0 Å². The van der Waals surface area contributed by atoms with Crippen LogP contribution in [0.15, 0.2) is 24.4 Å². The molecule has 1 N–H and O–H groups in total. The minimum absolute atomic E-state index is 0.103. The van der Waals surface area contributed by atoms with E-state index in [9.17, 15) is 4.79 Å². The Morgan fingerprint density at radius 1 is 1.35 bits per heavy atom. The lowest BCUT2D eigenvalue weighted by atomic mass is 10.2. The molecule has 1 aromatic carbocycles. The molecule has 6 heteroatoms. The highest BCUT2D eigenvalue weighted by Crippen LogP contribution is 2.32. The molecule has 0 unspecified atom stereocenters. The lowest BCUT2D eigenvalue weighted by Crippen LogP contribution is -2.40. The Hall–Kier alpha value is -1.92. The van der Waals surface area contributed by atoms with Gasteiger partial charge < -0.3 is 9.64 Å². The van der Waals surface area contributed by atoms with Crippen LogP contribution in [0.2, 0.25) is 0 Å². The fraction of sp³-hybridized carbons (Fsp3) is 0.286. The number of nitrogens with zero attached hydrogens (tertiary/aromatic N) is 2. The molecule has 2 aromatic heterocycles. The van der Waals surface area contributed by atoms with Gasteiger partial charge in [0.15, 0.2) is 0 Å². The molecule has 20 heavy (non-hydrogen) atoms. The van der Waals surface area contributed by atoms with Gasteiger partial charge in [-0.05, 0) is 17.5 Å². The van der Waals surface area contributed by atoms with E-state index in [0.717, 1.165) is 25.9 Å². The quantitative estimate of drug-likeness (QED) is 0.747. The standard InChI is InChI=1S/C14H13N3O2S/c18-14(17-3-5-19-6-4-17)12-7-9-1-2-11-10(8-15-16-11)13(9)20-12/h1-2,7-8H,3-6H2,(H,15,16). The molecule has 1 aliphatic rings. The minimum Gasteiger partial charge on any atom is -0.378 e. The molecule has 1 fully saturated rings. The highest BCUT2D eigenvalue weighted by molar-refractivity contribution is 7.21. The predicted molar refractivity (Wildman–Crippen MR) is 78.2 cm³/mol. The number of carbonyl (C=O) groups excluding carboxylic acids is 1. The number of nitrogens with one attached hydrogen (secondary N) is 1. The normalized spacial score (nSPS) is 16.1. The van der Waals surface area contributed by atoms with Gasteiger partial charge in [0.1, 0.15) is 0 Å². The smallest absolute Gasteiger partial charge is 0.264 e. The molecule has 1 amide bonds. The number of fused-ring (bicyclic) bond motifs is 3. The third-order valence-corrected chi connectivity index (χ3v) is 4.79. The predicted octanol–water partition coefficient (Wildman–Crippen LogP) is 2.25. The fourth-order valence-electron chi connectivity index (χ4n) is 2.54. The van der Waals surface area contributed by atoms with Crippen LogP contribution in [0.3, 0.4) is 0 Å². The highest BCUT2D eigenvalue weighted by atomic mass is 32.1. The lowest BCUT2D eigenvalue weighted by molar-refractivity contribution is 0.0306. The van der Waals surface area contributed by atoms with Crippen LogP contribution in [0.4, 0.5) is 0 Å². The number of hydrogen-bond acceptors (Lipinski definition) is 4. The number of ether oxygens (including phenoxy) is 1. The molecule has 0 radical (unpaired) electrons. The van der Waals surface area contributed by atoms with Crippen LogP contribution in [0, 0.1) is 0 Å². The zero-order chi connectivity index (χ0) is 13.5. The monoisotopic (exact) mass is 287 g/mol. The average Bonchev–Trinajstić information content (AvgIpc) is 3.12. The summed E-state index contributed by atoms with van der Waals surface area (Å²) in [4.78, 5) is 15.2. The van der Waals surface area contributed by atoms with Crippen LogP contribution in [0.5, 0.6) is 0 Å². The zero-order valence-corrected chi connectivity index (χ0v) is 11.6. The summed E-state index contributed by atoms with van der Waals surface area (Å²) in [5.41, 5.74) is 1.00. The molecule has 0 aliphatic carbocycles. The molecular weight excluding hydrogens is 274 g/mol. The van der Waals surface area contributed by atoms with Crippen molar-refractivity contribution < 1.29 is 9.53 Å². The molecule has 0 spiro atoms. The van der Waals surface area contributed by atoms with Crippen molar-refractivity contribution in [2.45, 2.75) is 0 Å². The SMILES string of the molecule is O=C(c1cc2ccc3[nH]ncc3c2s1)N1CCOCC1. The van der Waals surface area contributed by atoms with E-state index >= 15 is 0 Å². The number of carbonyl (C=O) groups is 1. The number of aromatic nitrogens is 2.